The van der Waals surface area contributed by atoms with Crippen molar-refractivity contribution in [2.24, 2.45) is 0 Å². The van der Waals surface area contributed by atoms with Gasteiger partial charge in [0.2, 0.25) is 0 Å². The molecule has 0 aliphatic carbocycles. The molecule has 0 unspecified atom stereocenters. The quantitative estimate of drug-likeness (QED) is 0.589. The van der Waals surface area contributed by atoms with Gasteiger partial charge in [-0.3, -0.25) is 0 Å². The first-order chi connectivity index (χ1) is 7.79. The number of hydrogen-bond donors (Lipinski definition) is 0. The summed E-state index contributed by atoms with van der Waals surface area (Å²) >= 11 is 10.8. The van der Waals surface area contributed by atoms with Crippen molar-refractivity contribution in [3.05, 3.63) is 35.9 Å². The molecule has 2 rings (SSSR count). The number of thiocarbonyl (C=S) groups is 2. The molecule has 1 aliphatic rings. The smallest absolute Gasteiger partial charge is 0.120 e. The lowest BCUT2D eigenvalue weighted by Gasteiger charge is -2.29. The Kier molecular flexibility index (Phi) is 3.98. The molecule has 0 atom stereocenters. The molecule has 84 valence electrons. The van der Waals surface area contributed by atoms with Crippen LogP contribution in [0.15, 0.2) is 30.3 Å². The highest BCUT2D eigenvalue weighted by Gasteiger charge is 2.17. The van der Waals surface area contributed by atoms with Crippen LogP contribution in [0, 0.1) is 0 Å². The average Bonchev–Trinajstić information content (AvgIpc) is 2.39. The minimum atomic E-state index is 0.734. The highest BCUT2D eigenvalue weighted by Crippen LogP contribution is 2.08. The Morgan fingerprint density at radius 3 is 2.31 bits per heavy atom. The van der Waals surface area contributed by atoms with E-state index in [-0.39, 0.29) is 0 Å². The van der Waals surface area contributed by atoms with E-state index >= 15 is 0 Å². The first-order valence-corrected chi connectivity index (χ1v) is 6.07. The molecule has 1 aromatic carbocycles. The molecule has 1 fully saturated rings. The van der Waals surface area contributed by atoms with E-state index in [0.29, 0.717) is 0 Å². The number of hydrogen-bond acceptors (Lipinski definition) is 3. The molecule has 0 bridgehead atoms. The second kappa shape index (κ2) is 5.48. The van der Waals surface area contributed by atoms with Gasteiger partial charge < -0.3 is 9.64 Å². The van der Waals surface area contributed by atoms with Crippen LogP contribution in [-0.2, 0) is 4.74 Å². The normalized spacial score (nSPS) is 15.9. The Labute approximate surface area is 106 Å². The van der Waals surface area contributed by atoms with Crippen LogP contribution in [0.2, 0.25) is 0 Å². The SMILES string of the molecule is S=C(C(=S)N1CCOCC1)c1ccccc1. The van der Waals surface area contributed by atoms with Gasteiger partial charge in [0.1, 0.15) is 4.99 Å². The molecule has 0 saturated carbocycles. The predicted octanol–water partition coefficient (Wildman–Crippen LogP) is 2.06. The van der Waals surface area contributed by atoms with Crippen LogP contribution >= 0.6 is 24.4 Å². The summed E-state index contributed by atoms with van der Waals surface area (Å²) < 4.78 is 5.29. The summed E-state index contributed by atoms with van der Waals surface area (Å²) in [5.41, 5.74) is 1.02. The lowest BCUT2D eigenvalue weighted by Crippen LogP contribution is -2.42. The van der Waals surface area contributed by atoms with E-state index < -0.39 is 0 Å². The second-order valence-electron chi connectivity index (χ2n) is 3.60. The summed E-state index contributed by atoms with van der Waals surface area (Å²) in [6.45, 7) is 3.15. The van der Waals surface area contributed by atoms with Gasteiger partial charge in [0.15, 0.2) is 0 Å². The van der Waals surface area contributed by atoms with E-state index in [2.05, 4.69) is 4.90 Å². The first-order valence-electron chi connectivity index (χ1n) is 5.25. The molecule has 0 amide bonds. The Balaban J connectivity index is 2.07. The van der Waals surface area contributed by atoms with Crippen molar-refractivity contribution >= 4 is 34.3 Å². The summed E-state index contributed by atoms with van der Waals surface area (Å²) in [6, 6.07) is 9.92. The third-order valence-electron chi connectivity index (χ3n) is 2.53. The lowest BCUT2D eigenvalue weighted by molar-refractivity contribution is 0.0698. The van der Waals surface area contributed by atoms with Crippen molar-refractivity contribution in [1.82, 2.24) is 4.90 Å². The van der Waals surface area contributed by atoms with Crippen molar-refractivity contribution in [3.63, 3.8) is 0 Å². The maximum atomic E-state index is 5.41. The van der Waals surface area contributed by atoms with Gasteiger partial charge in [-0.25, -0.2) is 0 Å². The summed E-state index contributed by atoms with van der Waals surface area (Å²) in [4.78, 5) is 3.65. The fourth-order valence-corrected chi connectivity index (χ4v) is 2.19. The number of ether oxygens (including phenoxy) is 1. The molecule has 2 nitrogen and oxygen atoms in total. The minimum absolute atomic E-state index is 0.734. The Morgan fingerprint density at radius 1 is 1.06 bits per heavy atom. The highest BCUT2D eigenvalue weighted by molar-refractivity contribution is 7.89. The molecule has 1 aromatic rings. The molecule has 1 aliphatic heterocycles. The van der Waals surface area contributed by atoms with Crippen molar-refractivity contribution in [2.45, 2.75) is 0 Å². The summed E-state index contributed by atoms with van der Waals surface area (Å²) in [5, 5.41) is 0. The average molecular weight is 251 g/mol. The molecule has 0 aromatic heterocycles. The molecular weight excluding hydrogens is 238 g/mol. The van der Waals surface area contributed by atoms with Gasteiger partial charge in [0.05, 0.1) is 18.1 Å². The minimum Gasteiger partial charge on any atom is -0.378 e. The molecule has 1 saturated heterocycles. The molecular formula is C12H13NOS2. The molecule has 16 heavy (non-hydrogen) atoms. The first kappa shape index (κ1) is 11.6. The van der Waals surface area contributed by atoms with Crippen LogP contribution in [0.1, 0.15) is 5.56 Å². The molecule has 1 heterocycles. The zero-order valence-electron chi connectivity index (χ0n) is 8.89. The monoisotopic (exact) mass is 251 g/mol. The number of morpholine rings is 1. The van der Waals surface area contributed by atoms with E-state index in [1.165, 1.54) is 0 Å². The number of rotatable bonds is 2. The number of benzene rings is 1. The van der Waals surface area contributed by atoms with Gasteiger partial charge in [-0.05, 0) is 5.56 Å². The number of nitrogens with zero attached hydrogens (tertiary/aromatic N) is 1. The maximum Gasteiger partial charge on any atom is 0.120 e. The van der Waals surface area contributed by atoms with Gasteiger partial charge in [-0.2, -0.15) is 0 Å². The van der Waals surface area contributed by atoms with Crippen LogP contribution in [0.3, 0.4) is 0 Å². The van der Waals surface area contributed by atoms with E-state index in [9.17, 15) is 0 Å². The Bertz CT molecular complexity index is 385. The Morgan fingerprint density at radius 2 is 1.69 bits per heavy atom. The lowest BCUT2D eigenvalue weighted by atomic mass is 10.1. The third kappa shape index (κ3) is 2.64. The van der Waals surface area contributed by atoms with Crippen LogP contribution in [0.4, 0.5) is 0 Å². The molecule has 0 N–H and O–H groups in total. The molecule has 4 heteroatoms. The van der Waals surface area contributed by atoms with E-state index in [1.807, 2.05) is 30.3 Å². The van der Waals surface area contributed by atoms with Gasteiger partial charge in [0, 0.05) is 13.1 Å². The van der Waals surface area contributed by atoms with Crippen molar-refractivity contribution in [1.29, 1.82) is 0 Å². The fourth-order valence-electron chi connectivity index (χ4n) is 1.62. The highest BCUT2D eigenvalue weighted by atomic mass is 32.1. The van der Waals surface area contributed by atoms with Crippen LogP contribution in [0.5, 0.6) is 0 Å². The van der Waals surface area contributed by atoms with Crippen molar-refractivity contribution in [2.75, 3.05) is 26.3 Å². The largest absolute Gasteiger partial charge is 0.378 e. The zero-order chi connectivity index (χ0) is 11.4. The third-order valence-corrected chi connectivity index (χ3v) is 3.55. The Hall–Kier alpha value is -0.840. The van der Waals surface area contributed by atoms with Gasteiger partial charge in [-0.1, -0.05) is 54.8 Å². The second-order valence-corrected chi connectivity index (χ2v) is 4.39. The zero-order valence-corrected chi connectivity index (χ0v) is 10.5. The van der Waals surface area contributed by atoms with Crippen LogP contribution in [0.25, 0.3) is 0 Å². The van der Waals surface area contributed by atoms with Crippen LogP contribution in [-0.4, -0.2) is 41.1 Å². The van der Waals surface area contributed by atoms with E-state index in [4.69, 9.17) is 29.2 Å². The maximum absolute atomic E-state index is 5.41. The van der Waals surface area contributed by atoms with E-state index in [1.54, 1.807) is 0 Å². The van der Waals surface area contributed by atoms with Crippen LogP contribution < -0.4 is 0 Å². The fraction of sp³-hybridized carbons (Fsp3) is 0.333. The van der Waals surface area contributed by atoms with Gasteiger partial charge >= 0.3 is 0 Å². The van der Waals surface area contributed by atoms with Crippen molar-refractivity contribution < 1.29 is 4.74 Å². The molecule has 0 spiro atoms. The molecule has 0 radical (unpaired) electrons. The summed E-state index contributed by atoms with van der Waals surface area (Å²) in [7, 11) is 0. The summed E-state index contributed by atoms with van der Waals surface area (Å²) in [5.74, 6) is 0. The standard InChI is InChI=1S/C12H13NOS2/c15-11(10-4-2-1-3-5-10)12(16)13-6-8-14-9-7-13/h1-5H,6-9H2. The van der Waals surface area contributed by atoms with Gasteiger partial charge in [0.25, 0.3) is 0 Å². The predicted molar refractivity (Wildman–Crippen MR) is 73.1 cm³/mol. The van der Waals surface area contributed by atoms with Crippen molar-refractivity contribution in [3.8, 4) is 0 Å². The van der Waals surface area contributed by atoms with E-state index in [0.717, 1.165) is 41.7 Å². The topological polar surface area (TPSA) is 12.5 Å². The van der Waals surface area contributed by atoms with Gasteiger partial charge in [-0.15, -0.1) is 0 Å². The summed E-state index contributed by atoms with van der Waals surface area (Å²) in [6.07, 6.45) is 0.